The van der Waals surface area contributed by atoms with Gasteiger partial charge >= 0.3 is 6.09 Å². The second kappa shape index (κ2) is 11.0. The molecule has 2 saturated heterocycles. The number of fused-ring (bicyclic) bond motifs is 1. The van der Waals surface area contributed by atoms with Gasteiger partial charge in [-0.25, -0.2) is 13.2 Å². The molecule has 0 unspecified atom stereocenters. The topological polar surface area (TPSA) is 105 Å². The fourth-order valence-electron chi connectivity index (χ4n) is 4.28. The lowest BCUT2D eigenvalue weighted by molar-refractivity contribution is -0.119. The summed E-state index contributed by atoms with van der Waals surface area (Å²) >= 11 is 7.33. The number of nitrogens with one attached hydrogen (secondary N) is 1. The molecule has 8 nitrogen and oxygen atoms in total. The van der Waals surface area contributed by atoms with Gasteiger partial charge in [-0.3, -0.25) is 4.79 Å². The van der Waals surface area contributed by atoms with Crippen molar-refractivity contribution in [1.29, 1.82) is 0 Å². The predicted molar refractivity (Wildman–Crippen MR) is 147 cm³/mol. The summed E-state index contributed by atoms with van der Waals surface area (Å²) in [5.41, 5.74) is 1.05. The number of benzene rings is 2. The zero-order valence-corrected chi connectivity index (χ0v) is 23.3. The number of carbonyl (C=O) groups excluding carboxylic acids is 2. The van der Waals surface area contributed by atoms with Crippen molar-refractivity contribution in [1.82, 2.24) is 10.2 Å². The summed E-state index contributed by atoms with van der Waals surface area (Å²) in [5, 5.41) is 3.51. The van der Waals surface area contributed by atoms with Crippen LogP contribution in [0.15, 0.2) is 59.6 Å². The predicted octanol–water partition coefficient (Wildman–Crippen LogP) is 4.07. The molecule has 0 aromatic heterocycles. The van der Waals surface area contributed by atoms with Gasteiger partial charge in [-0.15, -0.1) is 0 Å². The van der Waals surface area contributed by atoms with Crippen molar-refractivity contribution in [3.63, 3.8) is 0 Å². The average molecular weight is 564 g/mol. The van der Waals surface area contributed by atoms with Crippen molar-refractivity contribution in [2.24, 2.45) is 4.99 Å². The van der Waals surface area contributed by atoms with Crippen molar-refractivity contribution in [2.45, 2.75) is 56.7 Å². The second-order valence-corrected chi connectivity index (χ2v) is 14.0. The third-order valence-corrected chi connectivity index (χ3v) is 9.42. The fourth-order valence-corrected chi connectivity index (χ4v) is 8.36. The first-order valence-electron chi connectivity index (χ1n) is 11.9. The molecule has 2 aromatic rings. The lowest BCUT2D eigenvalue weighted by Gasteiger charge is -2.25. The summed E-state index contributed by atoms with van der Waals surface area (Å²) in [5.74, 6) is -0.480. The molecule has 1 N–H and O–H groups in total. The highest BCUT2D eigenvalue weighted by atomic mass is 35.5. The van der Waals surface area contributed by atoms with E-state index in [1.54, 1.807) is 32.9 Å². The molecule has 4 rings (SSSR count). The van der Waals surface area contributed by atoms with E-state index in [4.69, 9.17) is 16.3 Å². The van der Waals surface area contributed by atoms with Gasteiger partial charge in [0.2, 0.25) is 0 Å². The lowest BCUT2D eigenvalue weighted by Crippen LogP contribution is -2.45. The molecule has 2 aromatic carbocycles. The maximum atomic E-state index is 13.5. The molecular weight excluding hydrogens is 534 g/mol. The molecule has 0 aliphatic carbocycles. The van der Waals surface area contributed by atoms with E-state index < -0.39 is 33.5 Å². The Morgan fingerprint density at radius 1 is 1.11 bits per heavy atom. The Balaban J connectivity index is 1.60. The molecule has 2 fully saturated rings. The van der Waals surface area contributed by atoms with E-state index >= 15 is 0 Å². The van der Waals surface area contributed by atoms with Crippen LogP contribution in [0.2, 0.25) is 5.02 Å². The van der Waals surface area contributed by atoms with Gasteiger partial charge in [0.1, 0.15) is 11.6 Å². The normalized spacial score (nSPS) is 22.5. The van der Waals surface area contributed by atoms with Crippen LogP contribution in [0.1, 0.15) is 31.9 Å². The molecule has 37 heavy (non-hydrogen) atoms. The van der Waals surface area contributed by atoms with Crippen molar-refractivity contribution in [3.8, 4) is 0 Å². The number of carbonyl (C=O) groups is 2. The summed E-state index contributed by atoms with van der Waals surface area (Å²) in [7, 11) is -3.18. The molecule has 198 valence electrons. The lowest BCUT2D eigenvalue weighted by atomic mass is 10.1. The van der Waals surface area contributed by atoms with Crippen LogP contribution in [0, 0.1) is 0 Å². The number of alkyl carbamates (subject to hydrolysis) is 1. The molecule has 0 radical (unpaired) electrons. The highest BCUT2D eigenvalue weighted by molar-refractivity contribution is 8.15. The summed E-state index contributed by atoms with van der Waals surface area (Å²) in [6, 6.07) is 15.4. The van der Waals surface area contributed by atoms with Crippen molar-refractivity contribution < 1.29 is 22.7 Å². The molecule has 11 heteroatoms. The van der Waals surface area contributed by atoms with E-state index in [0.717, 1.165) is 11.1 Å². The number of thioether (sulfide) groups is 1. The van der Waals surface area contributed by atoms with Crippen LogP contribution >= 0.6 is 23.4 Å². The Morgan fingerprint density at radius 2 is 1.78 bits per heavy atom. The number of ether oxygens (including phenoxy) is 1. The number of aliphatic imine (C=N–C) groups is 1. The minimum Gasteiger partial charge on any atom is -0.444 e. The van der Waals surface area contributed by atoms with Gasteiger partial charge in [0, 0.05) is 23.2 Å². The Hall–Kier alpha value is -2.56. The molecule has 0 saturated carbocycles. The van der Waals surface area contributed by atoms with E-state index in [1.807, 2.05) is 47.4 Å². The van der Waals surface area contributed by atoms with Crippen molar-refractivity contribution >= 4 is 50.4 Å². The number of halogens is 1. The van der Waals surface area contributed by atoms with Gasteiger partial charge < -0.3 is 15.0 Å². The maximum absolute atomic E-state index is 13.5. The number of hydrogen-bond acceptors (Lipinski definition) is 6. The Kier molecular flexibility index (Phi) is 8.20. The van der Waals surface area contributed by atoms with Gasteiger partial charge in [0.05, 0.1) is 17.5 Å². The van der Waals surface area contributed by atoms with Crippen molar-refractivity contribution in [3.05, 3.63) is 70.7 Å². The number of amides is 2. The summed E-state index contributed by atoms with van der Waals surface area (Å²) in [6.07, 6.45) is -0.472. The van der Waals surface area contributed by atoms with E-state index in [2.05, 4.69) is 10.3 Å². The zero-order valence-electron chi connectivity index (χ0n) is 20.9. The number of sulfone groups is 1. The van der Waals surface area contributed by atoms with Crippen LogP contribution in [0.3, 0.4) is 0 Å². The number of rotatable bonds is 6. The fraction of sp³-hybridized carbons (Fsp3) is 0.423. The first kappa shape index (κ1) is 27.5. The van der Waals surface area contributed by atoms with Crippen LogP contribution in [-0.2, 0) is 32.3 Å². The van der Waals surface area contributed by atoms with Crippen LogP contribution in [0.25, 0.3) is 0 Å². The quantitative estimate of drug-likeness (QED) is 0.564. The van der Waals surface area contributed by atoms with Crippen LogP contribution in [-0.4, -0.2) is 64.9 Å². The Morgan fingerprint density at radius 3 is 2.43 bits per heavy atom. The molecule has 0 bridgehead atoms. The maximum Gasteiger partial charge on any atom is 0.408 e. The molecule has 2 aliphatic rings. The smallest absolute Gasteiger partial charge is 0.408 e. The van der Waals surface area contributed by atoms with Gasteiger partial charge in [-0.05, 0) is 44.0 Å². The first-order valence-corrected chi connectivity index (χ1v) is 15.0. The standard InChI is InChI=1S/C26H30ClN3O5S2/c1-26(2,3)35-25(32)28-20(13-17-7-5-4-6-8-17)23(31)29-24-30(14-18-9-11-19(27)12-10-18)21-15-37(33,34)16-22(21)36-24/h4-12,20-22H,13-16H2,1-3H3,(H,28,32)/t20-,21-,22-/m1/s1. The molecule has 2 heterocycles. The van der Waals surface area contributed by atoms with Gasteiger partial charge in [0.25, 0.3) is 5.91 Å². The van der Waals surface area contributed by atoms with Crippen LogP contribution in [0.4, 0.5) is 4.79 Å². The SMILES string of the molecule is CC(C)(C)OC(=O)N[C@H](Cc1ccccc1)C(=O)N=C1S[C@@H]2CS(=O)(=O)C[C@H]2N1Cc1ccc(Cl)cc1. The van der Waals surface area contributed by atoms with Gasteiger partial charge in [0.15, 0.2) is 15.0 Å². The van der Waals surface area contributed by atoms with Crippen LogP contribution in [0.5, 0.6) is 0 Å². The van der Waals surface area contributed by atoms with Gasteiger partial charge in [-0.1, -0.05) is 65.8 Å². The van der Waals surface area contributed by atoms with Crippen LogP contribution < -0.4 is 5.32 Å². The summed E-state index contributed by atoms with van der Waals surface area (Å²) in [4.78, 5) is 32.3. The molecule has 2 amide bonds. The Bertz CT molecular complexity index is 1280. The minimum atomic E-state index is -3.18. The summed E-state index contributed by atoms with van der Waals surface area (Å²) < 4.78 is 30.0. The number of amidine groups is 1. The summed E-state index contributed by atoms with van der Waals surface area (Å²) in [6.45, 7) is 5.63. The molecule has 0 spiro atoms. The molecular formula is C26H30ClN3O5S2. The van der Waals surface area contributed by atoms with Crippen molar-refractivity contribution in [2.75, 3.05) is 11.5 Å². The highest BCUT2D eigenvalue weighted by Crippen LogP contribution is 2.39. The third-order valence-electron chi connectivity index (χ3n) is 5.92. The molecule has 2 aliphatic heterocycles. The van der Waals surface area contributed by atoms with E-state index in [0.29, 0.717) is 16.7 Å². The molecule has 3 atom stereocenters. The number of hydrogen-bond donors (Lipinski definition) is 1. The highest BCUT2D eigenvalue weighted by Gasteiger charge is 2.48. The first-order chi connectivity index (χ1) is 17.4. The Labute approximate surface area is 226 Å². The zero-order chi connectivity index (χ0) is 26.8. The second-order valence-electron chi connectivity index (χ2n) is 10.2. The van der Waals surface area contributed by atoms with Gasteiger partial charge in [-0.2, -0.15) is 4.99 Å². The monoisotopic (exact) mass is 563 g/mol. The van der Waals surface area contributed by atoms with E-state index in [-0.39, 0.29) is 29.2 Å². The minimum absolute atomic E-state index is 0.00900. The van der Waals surface area contributed by atoms with E-state index in [9.17, 15) is 18.0 Å². The largest absolute Gasteiger partial charge is 0.444 e. The van der Waals surface area contributed by atoms with E-state index in [1.165, 1.54) is 11.8 Å². The number of nitrogens with zero attached hydrogens (tertiary/aromatic N) is 2. The average Bonchev–Trinajstić information content (AvgIpc) is 3.25. The third kappa shape index (κ3) is 7.49.